The predicted molar refractivity (Wildman–Crippen MR) is 126 cm³/mol. The van der Waals surface area contributed by atoms with Crippen molar-refractivity contribution < 1.29 is 19.4 Å². The summed E-state index contributed by atoms with van der Waals surface area (Å²) in [7, 11) is 0. The van der Waals surface area contributed by atoms with Gasteiger partial charge in [0.1, 0.15) is 0 Å². The minimum Gasteiger partial charge on any atom is -0.478 e. The van der Waals surface area contributed by atoms with Crippen LogP contribution in [0.4, 0.5) is 0 Å². The third kappa shape index (κ3) is 21.3. The lowest BCUT2D eigenvalue weighted by Gasteiger charge is -2.15. The van der Waals surface area contributed by atoms with Crippen LogP contribution in [0.5, 0.6) is 0 Å². The minimum atomic E-state index is -1.09. The fourth-order valence-corrected chi connectivity index (χ4v) is 3.56. The van der Waals surface area contributed by atoms with Crippen LogP contribution in [-0.2, 0) is 14.3 Å². The molecule has 0 amide bonds. The number of hydrogen-bond donors (Lipinski definition) is 1. The van der Waals surface area contributed by atoms with E-state index in [9.17, 15) is 9.59 Å². The number of carbonyl (C=O) groups excluding carboxylic acids is 1. The Morgan fingerprint density at radius 2 is 1.30 bits per heavy atom. The summed E-state index contributed by atoms with van der Waals surface area (Å²) in [6.45, 7) is 4.76. The van der Waals surface area contributed by atoms with E-state index in [1.54, 1.807) is 0 Å². The highest BCUT2D eigenvalue weighted by atomic mass is 16.5. The zero-order valence-electron chi connectivity index (χ0n) is 19.6. The van der Waals surface area contributed by atoms with Gasteiger partial charge in [0.2, 0.25) is 0 Å². The number of hydrogen-bond acceptors (Lipinski definition) is 3. The molecule has 4 heteroatoms. The van der Waals surface area contributed by atoms with Gasteiger partial charge in [-0.2, -0.15) is 0 Å². The predicted octanol–water partition coefficient (Wildman–Crippen LogP) is 7.42. The summed E-state index contributed by atoms with van der Waals surface area (Å²) in [4.78, 5) is 22.2. The summed E-state index contributed by atoms with van der Waals surface area (Å²) in [5.74, 6) is -1.27. The van der Waals surface area contributed by atoms with E-state index in [0.29, 0.717) is 6.61 Å². The molecule has 1 atom stereocenters. The summed E-state index contributed by atoms with van der Waals surface area (Å²) < 4.78 is 5.64. The smallest absolute Gasteiger partial charge is 0.328 e. The third-order valence-corrected chi connectivity index (χ3v) is 5.28. The van der Waals surface area contributed by atoms with Crippen molar-refractivity contribution in [2.75, 3.05) is 6.61 Å². The van der Waals surface area contributed by atoms with Crippen LogP contribution in [0.1, 0.15) is 117 Å². The monoisotopic (exact) mass is 422 g/mol. The first-order valence-electron chi connectivity index (χ1n) is 12.3. The normalized spacial score (nSPS) is 12.7. The molecule has 0 saturated heterocycles. The Morgan fingerprint density at radius 3 is 1.83 bits per heavy atom. The van der Waals surface area contributed by atoms with Crippen molar-refractivity contribution in [1.82, 2.24) is 0 Å². The van der Waals surface area contributed by atoms with Crippen LogP contribution in [0.15, 0.2) is 24.3 Å². The summed E-state index contributed by atoms with van der Waals surface area (Å²) in [6, 6.07) is 0. The average Bonchev–Trinajstić information content (AvgIpc) is 2.72. The number of unbranched alkanes of at least 4 members (excludes halogenated alkanes) is 12. The molecule has 0 spiro atoms. The van der Waals surface area contributed by atoms with Gasteiger partial charge in [0.05, 0.1) is 6.10 Å². The molecule has 0 radical (unpaired) electrons. The number of allylic oxidation sites excluding steroid dienone is 3. The molecule has 0 aliphatic heterocycles. The minimum absolute atomic E-state index is 0.0978. The molecule has 0 aromatic carbocycles. The van der Waals surface area contributed by atoms with E-state index in [4.69, 9.17) is 9.84 Å². The second kappa shape index (κ2) is 22.3. The van der Waals surface area contributed by atoms with E-state index in [1.165, 1.54) is 83.5 Å². The fraction of sp³-hybridized carbons (Fsp3) is 0.769. The molecule has 0 aromatic heterocycles. The summed E-state index contributed by atoms with van der Waals surface area (Å²) in [6.07, 6.45) is 25.7. The number of carbonyl (C=O) groups is 2. The Morgan fingerprint density at radius 1 is 0.767 bits per heavy atom. The third-order valence-electron chi connectivity index (χ3n) is 5.28. The molecular weight excluding hydrogens is 376 g/mol. The van der Waals surface area contributed by atoms with E-state index in [2.05, 4.69) is 19.1 Å². The van der Waals surface area contributed by atoms with Crippen LogP contribution < -0.4 is 0 Å². The lowest BCUT2D eigenvalue weighted by atomic mass is 10.0. The van der Waals surface area contributed by atoms with Gasteiger partial charge in [-0.3, -0.25) is 4.79 Å². The van der Waals surface area contributed by atoms with Crippen molar-refractivity contribution in [1.29, 1.82) is 0 Å². The van der Waals surface area contributed by atoms with Gasteiger partial charge in [-0.1, -0.05) is 83.3 Å². The first kappa shape index (κ1) is 28.6. The van der Waals surface area contributed by atoms with E-state index in [0.717, 1.165) is 25.0 Å². The topological polar surface area (TPSA) is 63.6 Å². The molecule has 0 saturated carbocycles. The molecule has 1 unspecified atom stereocenters. The molecule has 0 aliphatic rings. The van der Waals surface area contributed by atoms with Crippen molar-refractivity contribution in [2.45, 2.75) is 123 Å². The number of rotatable bonds is 22. The van der Waals surface area contributed by atoms with E-state index in [-0.39, 0.29) is 18.3 Å². The van der Waals surface area contributed by atoms with Gasteiger partial charge in [-0.25, -0.2) is 4.79 Å². The van der Waals surface area contributed by atoms with Crippen LogP contribution in [0.3, 0.4) is 0 Å². The van der Waals surface area contributed by atoms with Crippen molar-refractivity contribution in [3.05, 3.63) is 24.3 Å². The first-order chi connectivity index (χ1) is 14.6. The molecule has 0 heterocycles. The molecule has 0 fully saturated rings. The van der Waals surface area contributed by atoms with Gasteiger partial charge in [0, 0.05) is 19.1 Å². The second-order valence-corrected chi connectivity index (χ2v) is 8.15. The van der Waals surface area contributed by atoms with Gasteiger partial charge >= 0.3 is 5.97 Å². The Balaban J connectivity index is 3.57. The van der Waals surface area contributed by atoms with Crippen molar-refractivity contribution in [2.24, 2.45) is 0 Å². The Hall–Kier alpha value is -1.42. The maximum Gasteiger partial charge on any atom is 0.328 e. The molecule has 0 aliphatic carbocycles. The molecule has 174 valence electrons. The van der Waals surface area contributed by atoms with E-state index >= 15 is 0 Å². The van der Waals surface area contributed by atoms with Gasteiger partial charge in [0.15, 0.2) is 5.78 Å². The van der Waals surface area contributed by atoms with Gasteiger partial charge < -0.3 is 9.84 Å². The van der Waals surface area contributed by atoms with Crippen molar-refractivity contribution in [3.8, 4) is 0 Å². The van der Waals surface area contributed by atoms with Gasteiger partial charge in [0.25, 0.3) is 0 Å². The Labute approximate surface area is 185 Å². The van der Waals surface area contributed by atoms with E-state index in [1.807, 2.05) is 6.92 Å². The number of carboxylic acid groups (broad SMARTS) is 1. The molecule has 30 heavy (non-hydrogen) atoms. The number of carboxylic acids is 1. The number of ether oxygens (including phenoxy) is 1. The lowest BCUT2D eigenvalue weighted by Crippen LogP contribution is -2.17. The summed E-state index contributed by atoms with van der Waals surface area (Å²) in [5.41, 5.74) is 0. The maximum absolute atomic E-state index is 11.8. The van der Waals surface area contributed by atoms with Crippen LogP contribution >= 0.6 is 0 Å². The molecule has 1 N–H and O–H groups in total. The van der Waals surface area contributed by atoms with Crippen LogP contribution in [0.25, 0.3) is 0 Å². The molecule has 0 bridgehead atoms. The van der Waals surface area contributed by atoms with Crippen LogP contribution in [0.2, 0.25) is 0 Å². The highest BCUT2D eigenvalue weighted by Gasteiger charge is 2.12. The van der Waals surface area contributed by atoms with Gasteiger partial charge in [-0.15, -0.1) is 0 Å². The maximum atomic E-state index is 11.8. The Kier molecular flexibility index (Phi) is 21.2. The summed E-state index contributed by atoms with van der Waals surface area (Å²) >= 11 is 0. The first-order valence-corrected chi connectivity index (χ1v) is 12.3. The standard InChI is InChI=1S/C26H46O4/c1-3-5-6-7-8-9-10-11-12-13-14-15-16-17-18-19-20-25(30-4-2)23-24(27)21-22-26(28)29/h10-11,21-22,25H,3-9,12-20,23H2,1-2H3,(H,28,29)/b11-10-,22-21+. The lowest BCUT2D eigenvalue weighted by molar-refractivity contribution is -0.131. The zero-order valence-corrected chi connectivity index (χ0v) is 19.6. The Bertz CT molecular complexity index is 468. The second-order valence-electron chi connectivity index (χ2n) is 8.15. The SMILES string of the molecule is CCCCCCC/C=C\CCCCCCCCCC(CC(=O)/C=C/C(=O)O)OCC. The van der Waals surface area contributed by atoms with Crippen molar-refractivity contribution in [3.63, 3.8) is 0 Å². The number of ketones is 1. The molecule has 0 aromatic rings. The molecule has 4 nitrogen and oxygen atoms in total. The van der Waals surface area contributed by atoms with Crippen LogP contribution in [0, 0.1) is 0 Å². The number of aliphatic carboxylic acids is 1. The zero-order chi connectivity index (χ0) is 22.3. The van der Waals surface area contributed by atoms with Crippen LogP contribution in [-0.4, -0.2) is 29.6 Å². The largest absolute Gasteiger partial charge is 0.478 e. The average molecular weight is 423 g/mol. The molecular formula is C26H46O4. The summed E-state index contributed by atoms with van der Waals surface area (Å²) in [5, 5.41) is 8.59. The van der Waals surface area contributed by atoms with Gasteiger partial charge in [-0.05, 0) is 45.1 Å². The van der Waals surface area contributed by atoms with E-state index < -0.39 is 5.97 Å². The quantitative estimate of drug-likeness (QED) is 0.112. The van der Waals surface area contributed by atoms with Crippen molar-refractivity contribution >= 4 is 11.8 Å². The highest BCUT2D eigenvalue weighted by Crippen LogP contribution is 2.14. The highest BCUT2D eigenvalue weighted by molar-refractivity contribution is 5.95. The molecule has 0 rings (SSSR count). The fourth-order valence-electron chi connectivity index (χ4n) is 3.56.